The number of morpholine rings is 1. The molecule has 4 rings (SSSR count). The molecular weight excluding hydrogens is 376 g/mol. The average molecular weight is 396 g/mol. The number of hydrogen-bond donors (Lipinski definition) is 1. The van der Waals surface area contributed by atoms with Crippen molar-refractivity contribution in [2.24, 2.45) is 10.7 Å². The number of aromatic nitrogens is 5. The van der Waals surface area contributed by atoms with Crippen LogP contribution >= 0.6 is 0 Å². The van der Waals surface area contributed by atoms with Crippen molar-refractivity contribution in [1.82, 2.24) is 24.5 Å². The Labute approximate surface area is 166 Å². The fourth-order valence-electron chi connectivity index (χ4n) is 2.96. The number of carbonyl (C=O) groups excluding carboxylic acids is 1. The van der Waals surface area contributed by atoms with E-state index in [1.807, 2.05) is 0 Å². The zero-order chi connectivity index (χ0) is 20.2. The summed E-state index contributed by atoms with van der Waals surface area (Å²) < 4.78 is 12.0. The van der Waals surface area contributed by atoms with Crippen molar-refractivity contribution < 1.29 is 14.3 Å². The van der Waals surface area contributed by atoms with E-state index in [2.05, 4.69) is 29.8 Å². The van der Waals surface area contributed by atoms with Gasteiger partial charge in [-0.3, -0.25) is 9.36 Å². The highest BCUT2D eigenvalue weighted by Crippen LogP contribution is 2.25. The lowest BCUT2D eigenvalue weighted by molar-refractivity contribution is 0.0997. The molecule has 0 aromatic carbocycles. The van der Waals surface area contributed by atoms with E-state index in [1.54, 1.807) is 35.4 Å². The summed E-state index contributed by atoms with van der Waals surface area (Å²) in [5, 5.41) is 0. The molecule has 1 aliphatic heterocycles. The van der Waals surface area contributed by atoms with Gasteiger partial charge in [-0.05, 0) is 12.1 Å². The van der Waals surface area contributed by atoms with Crippen molar-refractivity contribution in [1.29, 1.82) is 0 Å². The fourth-order valence-corrected chi connectivity index (χ4v) is 2.96. The normalized spacial score (nSPS) is 15.1. The summed E-state index contributed by atoms with van der Waals surface area (Å²) >= 11 is 0. The van der Waals surface area contributed by atoms with Gasteiger partial charge in [0, 0.05) is 32.6 Å². The van der Waals surface area contributed by atoms with E-state index in [0.717, 1.165) is 0 Å². The Kier molecular flexibility index (Phi) is 5.40. The first-order chi connectivity index (χ1) is 14.2. The summed E-state index contributed by atoms with van der Waals surface area (Å²) in [6.45, 7) is 2.56. The van der Waals surface area contributed by atoms with Crippen LogP contribution in [0.4, 0.5) is 5.82 Å². The summed E-state index contributed by atoms with van der Waals surface area (Å²) in [4.78, 5) is 36.1. The van der Waals surface area contributed by atoms with Gasteiger partial charge < -0.3 is 20.1 Å². The van der Waals surface area contributed by atoms with Gasteiger partial charge in [0.05, 0.1) is 18.7 Å². The van der Waals surface area contributed by atoms with Gasteiger partial charge in [0.25, 0.3) is 5.91 Å². The first-order valence-corrected chi connectivity index (χ1v) is 9.02. The van der Waals surface area contributed by atoms with Crippen LogP contribution in [0.1, 0.15) is 10.5 Å². The summed E-state index contributed by atoms with van der Waals surface area (Å²) in [6, 6.07) is 3.30. The maximum absolute atomic E-state index is 12.4. The van der Waals surface area contributed by atoms with E-state index in [1.165, 1.54) is 7.11 Å². The van der Waals surface area contributed by atoms with Gasteiger partial charge in [-0.1, -0.05) is 0 Å². The van der Waals surface area contributed by atoms with E-state index >= 15 is 0 Å². The van der Waals surface area contributed by atoms with Gasteiger partial charge >= 0.3 is 0 Å². The number of amidine groups is 1. The van der Waals surface area contributed by atoms with Crippen LogP contribution in [0.3, 0.4) is 0 Å². The Morgan fingerprint density at radius 1 is 1.28 bits per heavy atom. The summed E-state index contributed by atoms with van der Waals surface area (Å²) in [6.07, 6.45) is 5.05. The number of pyridine rings is 1. The van der Waals surface area contributed by atoms with Gasteiger partial charge in [-0.2, -0.15) is 9.98 Å². The van der Waals surface area contributed by atoms with Gasteiger partial charge in [0.1, 0.15) is 30.0 Å². The third-order valence-corrected chi connectivity index (χ3v) is 4.31. The molecule has 0 spiro atoms. The predicted molar refractivity (Wildman–Crippen MR) is 105 cm³/mol. The zero-order valence-corrected chi connectivity index (χ0v) is 15.9. The number of anilines is 1. The van der Waals surface area contributed by atoms with Crippen LogP contribution in [0.5, 0.6) is 0 Å². The molecule has 0 unspecified atom stereocenters. The second-order valence-electron chi connectivity index (χ2n) is 6.32. The molecule has 1 fully saturated rings. The third-order valence-electron chi connectivity index (χ3n) is 4.31. The van der Waals surface area contributed by atoms with Crippen LogP contribution in [0, 0.1) is 0 Å². The molecule has 1 saturated heterocycles. The number of nitrogens with two attached hydrogens (primary N) is 1. The third kappa shape index (κ3) is 4.05. The molecule has 0 bridgehead atoms. The molecule has 2 N–H and O–H groups in total. The van der Waals surface area contributed by atoms with Crippen molar-refractivity contribution in [2.75, 3.05) is 44.9 Å². The molecule has 3 aromatic heterocycles. The molecule has 1 aliphatic rings. The van der Waals surface area contributed by atoms with E-state index < -0.39 is 5.91 Å². The highest BCUT2D eigenvalue weighted by atomic mass is 16.5. The number of amides is 1. The molecule has 11 heteroatoms. The van der Waals surface area contributed by atoms with Crippen LogP contribution < -0.4 is 10.6 Å². The fraction of sp³-hybridized carbons (Fsp3) is 0.333. The number of fused-ring (bicyclic) bond motifs is 1. The molecule has 0 radical (unpaired) electrons. The highest BCUT2D eigenvalue weighted by molar-refractivity contribution is 6.03. The molecule has 11 nitrogen and oxygen atoms in total. The van der Waals surface area contributed by atoms with Crippen LogP contribution in [-0.2, 0) is 9.47 Å². The second-order valence-corrected chi connectivity index (χ2v) is 6.32. The average Bonchev–Trinajstić information content (AvgIpc) is 3.28. The maximum Gasteiger partial charge on any atom is 0.297 e. The van der Waals surface area contributed by atoms with E-state index in [9.17, 15) is 4.79 Å². The first-order valence-electron chi connectivity index (χ1n) is 9.02. The minimum Gasteiger partial charge on any atom is -0.385 e. The summed E-state index contributed by atoms with van der Waals surface area (Å²) in [7, 11) is 1.48. The molecular formula is C18H20N8O3. The van der Waals surface area contributed by atoms with E-state index in [4.69, 9.17) is 15.2 Å². The summed E-state index contributed by atoms with van der Waals surface area (Å²) in [5.41, 5.74) is 6.96. The lowest BCUT2D eigenvalue weighted by Gasteiger charge is -2.28. The Balaban J connectivity index is 1.80. The van der Waals surface area contributed by atoms with Gasteiger partial charge in [0.15, 0.2) is 5.82 Å². The maximum atomic E-state index is 12.4. The SMILES string of the molecule is COCC(N)=NC(=O)c1ccc2nc(-n3ccnc3)nc(N3CCOCC3)c2n1. The number of imidazole rings is 1. The van der Waals surface area contributed by atoms with Crippen molar-refractivity contribution >= 4 is 28.6 Å². The Morgan fingerprint density at radius 3 is 2.83 bits per heavy atom. The van der Waals surface area contributed by atoms with Gasteiger partial charge in [-0.25, -0.2) is 15.0 Å². The minimum absolute atomic E-state index is 0.0652. The number of carbonyl (C=O) groups is 1. The minimum atomic E-state index is -0.548. The molecule has 0 saturated carbocycles. The molecule has 29 heavy (non-hydrogen) atoms. The monoisotopic (exact) mass is 396 g/mol. The lowest BCUT2D eigenvalue weighted by Crippen LogP contribution is -2.37. The molecule has 4 heterocycles. The van der Waals surface area contributed by atoms with Gasteiger partial charge in [0.2, 0.25) is 5.95 Å². The van der Waals surface area contributed by atoms with Crippen LogP contribution in [0.25, 0.3) is 17.0 Å². The van der Waals surface area contributed by atoms with Crippen LogP contribution in [0.15, 0.2) is 35.8 Å². The van der Waals surface area contributed by atoms with Crippen molar-refractivity contribution in [3.8, 4) is 5.95 Å². The number of aliphatic imine (C=N–C) groups is 1. The van der Waals surface area contributed by atoms with Crippen molar-refractivity contribution in [2.45, 2.75) is 0 Å². The quantitative estimate of drug-likeness (QED) is 0.474. The van der Waals surface area contributed by atoms with Crippen molar-refractivity contribution in [3.05, 3.63) is 36.5 Å². The Morgan fingerprint density at radius 2 is 2.10 bits per heavy atom. The molecule has 0 atom stereocenters. The number of hydrogen-bond acceptors (Lipinski definition) is 8. The Bertz CT molecular complexity index is 1040. The largest absolute Gasteiger partial charge is 0.385 e. The number of methoxy groups -OCH3 is 1. The molecule has 1 amide bonds. The highest BCUT2D eigenvalue weighted by Gasteiger charge is 2.20. The first kappa shape index (κ1) is 18.9. The smallest absolute Gasteiger partial charge is 0.297 e. The van der Waals surface area contributed by atoms with E-state index in [-0.39, 0.29) is 18.1 Å². The Hall–Kier alpha value is -3.44. The van der Waals surface area contributed by atoms with Gasteiger partial charge in [-0.15, -0.1) is 0 Å². The van der Waals surface area contributed by atoms with Crippen LogP contribution in [0.2, 0.25) is 0 Å². The molecule has 0 aliphatic carbocycles. The summed E-state index contributed by atoms with van der Waals surface area (Å²) in [5.74, 6) is 0.637. The van der Waals surface area contributed by atoms with E-state index in [0.29, 0.717) is 49.1 Å². The number of ether oxygens (including phenoxy) is 2. The number of nitrogens with zero attached hydrogens (tertiary/aromatic N) is 7. The topological polar surface area (TPSA) is 134 Å². The standard InChI is InChI=1S/C18H20N8O3/c1-28-10-14(19)23-17(27)13-3-2-12-15(21-13)16(25-6-8-29-9-7-25)24-18(22-12)26-5-4-20-11-26/h2-5,11H,6-10H2,1H3,(H2,19,23,27). The predicted octanol–water partition coefficient (Wildman–Crippen LogP) is 0.191. The zero-order valence-electron chi connectivity index (χ0n) is 15.9. The second kappa shape index (κ2) is 8.29. The lowest BCUT2D eigenvalue weighted by atomic mass is 10.2. The van der Waals surface area contributed by atoms with Crippen LogP contribution in [-0.4, -0.2) is 76.3 Å². The molecule has 150 valence electrons. The molecule has 3 aromatic rings. The number of rotatable bonds is 5. The van der Waals surface area contributed by atoms with Crippen molar-refractivity contribution in [3.63, 3.8) is 0 Å².